The molecule has 54 heavy (non-hydrogen) atoms. The van der Waals surface area contributed by atoms with Crippen molar-refractivity contribution in [3.63, 3.8) is 0 Å². The molecule has 4 aromatic rings. The molecule has 5 aliphatic rings. The van der Waals surface area contributed by atoms with Gasteiger partial charge in [0.1, 0.15) is 23.9 Å². The molecule has 0 radical (unpaired) electrons. The van der Waals surface area contributed by atoms with Gasteiger partial charge in [0, 0.05) is 40.4 Å². The number of halogens is 1. The average molecular weight is 767 g/mol. The number of ether oxygens (including phenoxy) is 1. The fourth-order valence-corrected chi connectivity index (χ4v) is 11.8. The Morgan fingerprint density at radius 3 is 2.56 bits per heavy atom. The predicted molar refractivity (Wildman–Crippen MR) is 206 cm³/mol. The summed E-state index contributed by atoms with van der Waals surface area (Å²) in [6, 6.07) is 15.0. The molecule has 6 unspecified atom stereocenters. The summed E-state index contributed by atoms with van der Waals surface area (Å²) >= 11 is 7.92. The van der Waals surface area contributed by atoms with Crippen molar-refractivity contribution in [1.29, 1.82) is 0 Å². The molecule has 4 heterocycles. The third kappa shape index (κ3) is 5.10. The van der Waals surface area contributed by atoms with Crippen LogP contribution in [0.5, 0.6) is 5.75 Å². The van der Waals surface area contributed by atoms with E-state index < -0.39 is 35.0 Å². The van der Waals surface area contributed by atoms with E-state index in [0.29, 0.717) is 28.7 Å². The van der Waals surface area contributed by atoms with Crippen molar-refractivity contribution < 1.29 is 29.0 Å². The van der Waals surface area contributed by atoms with Gasteiger partial charge in [0.2, 0.25) is 23.6 Å². The Labute approximate surface area is 322 Å². The topological polar surface area (TPSA) is 122 Å². The number of nitrogens with zero attached hydrogens (tertiary/aromatic N) is 4. The third-order valence-corrected chi connectivity index (χ3v) is 14.6. The first-order valence-corrected chi connectivity index (χ1v) is 20.2. The first kappa shape index (κ1) is 35.4. The maximum Gasteiger partial charge on any atom is 0.242 e. The van der Waals surface area contributed by atoms with Crippen molar-refractivity contribution in [3.05, 3.63) is 76.3 Å². The number of carbonyl (C=O) groups is 4. The van der Waals surface area contributed by atoms with Gasteiger partial charge >= 0.3 is 0 Å². The summed E-state index contributed by atoms with van der Waals surface area (Å²) in [5.41, 5.74) is 2.07. The van der Waals surface area contributed by atoms with Crippen LogP contribution in [0.4, 0.5) is 5.82 Å². The predicted octanol–water partition coefficient (Wildman–Crippen LogP) is 7.20. The van der Waals surface area contributed by atoms with Gasteiger partial charge in [-0.2, -0.15) is 5.10 Å². The quantitative estimate of drug-likeness (QED) is 0.156. The van der Waals surface area contributed by atoms with Gasteiger partial charge in [-0.15, -0.1) is 11.3 Å². The molecule has 0 bridgehead atoms. The molecule has 1 N–H and O–H groups in total. The molecular formula is C42H43ClN4O6S. The van der Waals surface area contributed by atoms with E-state index in [-0.39, 0.29) is 49.3 Å². The molecule has 280 valence electrons. The molecule has 2 aromatic heterocycles. The number of likely N-dealkylation sites (tertiary alicyclic amines) is 1. The minimum atomic E-state index is -1.24. The van der Waals surface area contributed by atoms with Crippen molar-refractivity contribution in [2.24, 2.45) is 36.1 Å². The zero-order valence-electron chi connectivity index (χ0n) is 30.6. The van der Waals surface area contributed by atoms with E-state index in [4.69, 9.17) is 21.4 Å². The van der Waals surface area contributed by atoms with E-state index in [9.17, 15) is 19.5 Å². The number of aryl methyl sites for hydroxylation is 2. The number of rotatable bonds is 7. The van der Waals surface area contributed by atoms with Crippen molar-refractivity contribution in [2.45, 2.75) is 70.8 Å². The highest BCUT2D eigenvalue weighted by molar-refractivity contribution is 7.22. The molecule has 10 nitrogen and oxygen atoms in total. The molecule has 0 spiro atoms. The number of aromatic nitrogens is 2. The Bertz CT molecular complexity index is 2270. The first-order chi connectivity index (χ1) is 26.0. The summed E-state index contributed by atoms with van der Waals surface area (Å²) in [5, 5.41) is 16.2. The summed E-state index contributed by atoms with van der Waals surface area (Å²) in [4.78, 5) is 62.5. The number of hydrogen-bond acceptors (Lipinski definition) is 8. The lowest BCUT2D eigenvalue weighted by Gasteiger charge is -2.49. The van der Waals surface area contributed by atoms with Crippen molar-refractivity contribution in [3.8, 4) is 16.3 Å². The first-order valence-electron chi connectivity index (χ1n) is 19.1. The molecule has 4 fully saturated rings. The Hall–Kier alpha value is -4.32. The number of aliphatic hydroxyl groups excluding tert-OH is 1. The second-order valence-electron chi connectivity index (χ2n) is 15.8. The second kappa shape index (κ2) is 13.2. The number of imide groups is 2. The summed E-state index contributed by atoms with van der Waals surface area (Å²) in [5.74, 6) is -2.90. The van der Waals surface area contributed by atoms with Gasteiger partial charge in [0.15, 0.2) is 0 Å². The van der Waals surface area contributed by atoms with Crippen LogP contribution in [0.2, 0.25) is 5.02 Å². The smallest absolute Gasteiger partial charge is 0.242 e. The number of para-hydroxylation sites is 1. The summed E-state index contributed by atoms with van der Waals surface area (Å²) in [6.45, 7) is 3.76. The van der Waals surface area contributed by atoms with E-state index in [1.165, 1.54) is 4.90 Å². The molecular weight excluding hydrogens is 724 g/mol. The Balaban J connectivity index is 1.15. The van der Waals surface area contributed by atoms with E-state index >= 15 is 4.79 Å². The van der Waals surface area contributed by atoms with Gasteiger partial charge in [0.25, 0.3) is 0 Å². The normalized spacial score (nSPS) is 28.5. The van der Waals surface area contributed by atoms with Gasteiger partial charge in [-0.1, -0.05) is 60.7 Å². The molecule has 2 saturated carbocycles. The SMILES string of the molecule is Cc1c(-c2cc(N3C(=O)C4CC5C(=CCC6C(=O)N(C7CCCCC7)C(=O)C65)C(c5ccccc5OCCO)C4(C)C3=O)n(C)n2)sc2ccc(Cl)cc12. The fourth-order valence-electron chi connectivity index (χ4n) is 10.5. The number of carbonyl (C=O) groups excluding carboxylic acids is 4. The van der Waals surface area contributed by atoms with Crippen LogP contribution in [0.15, 0.2) is 60.2 Å². The highest BCUT2D eigenvalue weighted by Crippen LogP contribution is 2.64. The average Bonchev–Trinajstić information content (AvgIpc) is 3.84. The van der Waals surface area contributed by atoms with Crippen molar-refractivity contribution in [2.75, 3.05) is 18.1 Å². The van der Waals surface area contributed by atoms with Crippen LogP contribution < -0.4 is 9.64 Å². The van der Waals surface area contributed by atoms with Crippen LogP contribution in [-0.4, -0.2) is 62.7 Å². The number of aliphatic hydroxyl groups is 1. The van der Waals surface area contributed by atoms with E-state index in [2.05, 4.69) is 6.08 Å². The van der Waals surface area contributed by atoms with Crippen LogP contribution in [-0.2, 0) is 26.2 Å². The molecule has 2 aliphatic heterocycles. The molecule has 2 aromatic carbocycles. The fraction of sp³-hybridized carbons (Fsp3) is 0.452. The van der Waals surface area contributed by atoms with Gasteiger partial charge in [-0.05, 0) is 80.7 Å². The molecule has 9 rings (SSSR count). The number of anilines is 1. The lowest BCUT2D eigenvalue weighted by atomic mass is 9.51. The number of fused-ring (bicyclic) bond motifs is 5. The molecule has 6 atom stereocenters. The molecule has 2 saturated heterocycles. The largest absolute Gasteiger partial charge is 0.491 e. The zero-order valence-corrected chi connectivity index (χ0v) is 32.2. The number of allylic oxidation sites excluding steroid dienone is 2. The number of thiophene rings is 1. The summed E-state index contributed by atoms with van der Waals surface area (Å²) in [7, 11) is 1.74. The summed E-state index contributed by atoms with van der Waals surface area (Å²) in [6.07, 6.45) is 7.50. The van der Waals surface area contributed by atoms with Gasteiger partial charge in [-0.3, -0.25) is 28.8 Å². The molecule has 12 heteroatoms. The van der Waals surface area contributed by atoms with Gasteiger partial charge in [-0.25, -0.2) is 4.90 Å². The van der Waals surface area contributed by atoms with Gasteiger partial charge < -0.3 is 9.84 Å². The number of benzene rings is 2. The molecule has 3 aliphatic carbocycles. The highest BCUT2D eigenvalue weighted by atomic mass is 35.5. The lowest BCUT2D eigenvalue weighted by Crippen LogP contribution is -2.49. The maximum atomic E-state index is 15.2. The summed E-state index contributed by atoms with van der Waals surface area (Å²) < 4.78 is 8.74. The van der Waals surface area contributed by atoms with E-state index in [0.717, 1.165) is 63.8 Å². The second-order valence-corrected chi connectivity index (χ2v) is 17.3. The monoisotopic (exact) mass is 766 g/mol. The Kier molecular flexibility index (Phi) is 8.63. The number of hydrogen-bond donors (Lipinski definition) is 1. The van der Waals surface area contributed by atoms with Crippen LogP contribution in [0.1, 0.15) is 68.9 Å². The Morgan fingerprint density at radius 1 is 1.00 bits per heavy atom. The van der Waals surface area contributed by atoms with E-state index in [1.54, 1.807) is 28.0 Å². The van der Waals surface area contributed by atoms with E-state index in [1.807, 2.05) is 62.4 Å². The maximum absolute atomic E-state index is 15.2. The Morgan fingerprint density at radius 2 is 1.78 bits per heavy atom. The third-order valence-electron chi connectivity index (χ3n) is 13.0. The molecule has 4 amide bonds. The standard InChI is InChI=1S/C42H43ClN4O6S/c1-22-28-19-23(43)13-16-33(28)54-37(22)31-21-34(45(3)44-31)47-39(50)30-20-29-25(14-15-27-35(29)40(51)46(38(27)49)24-9-5-4-6-10-24)36(42(30,2)41(47)52)26-11-7-8-12-32(26)53-18-17-48/h7-8,11-14,16,19,21,24,27,29-30,35-36,48H,4-6,9-10,15,17-18,20H2,1-3H3. The minimum absolute atomic E-state index is 0.0561. The zero-order chi connectivity index (χ0) is 37.6. The number of amides is 4. The van der Waals surface area contributed by atoms with Crippen LogP contribution in [0, 0.1) is 36.0 Å². The minimum Gasteiger partial charge on any atom is -0.491 e. The van der Waals surface area contributed by atoms with Crippen LogP contribution in [0.25, 0.3) is 20.7 Å². The van der Waals surface area contributed by atoms with Gasteiger partial charge in [0.05, 0.1) is 34.7 Å². The lowest BCUT2D eigenvalue weighted by molar-refractivity contribution is -0.144. The van der Waals surface area contributed by atoms with Crippen LogP contribution >= 0.6 is 22.9 Å². The van der Waals surface area contributed by atoms with Crippen molar-refractivity contribution in [1.82, 2.24) is 14.7 Å². The van der Waals surface area contributed by atoms with Crippen molar-refractivity contribution >= 4 is 62.5 Å². The van der Waals surface area contributed by atoms with Crippen LogP contribution in [0.3, 0.4) is 0 Å². The highest BCUT2D eigenvalue weighted by Gasteiger charge is 2.68.